The smallest absolute Gasteiger partial charge is 0.322 e. The van der Waals surface area contributed by atoms with E-state index in [1.54, 1.807) is 35.4 Å². The summed E-state index contributed by atoms with van der Waals surface area (Å²) in [5.41, 5.74) is 2.47. The number of amides is 3. The summed E-state index contributed by atoms with van der Waals surface area (Å²) in [7, 11) is 0. The van der Waals surface area contributed by atoms with Crippen LogP contribution in [0.4, 0.5) is 14.9 Å². The molecule has 1 atom stereocenters. The molecule has 0 spiro atoms. The van der Waals surface area contributed by atoms with Crippen molar-refractivity contribution in [2.75, 3.05) is 25.0 Å². The Morgan fingerprint density at radius 1 is 1.06 bits per heavy atom. The van der Waals surface area contributed by atoms with Gasteiger partial charge >= 0.3 is 6.03 Å². The van der Waals surface area contributed by atoms with Gasteiger partial charge in [-0.3, -0.25) is 4.79 Å². The van der Waals surface area contributed by atoms with E-state index in [9.17, 15) is 14.0 Å². The molecule has 0 radical (unpaired) electrons. The predicted molar refractivity (Wildman–Crippen MR) is 130 cm³/mol. The van der Waals surface area contributed by atoms with E-state index in [-0.39, 0.29) is 43.5 Å². The van der Waals surface area contributed by atoms with Crippen molar-refractivity contribution in [3.05, 3.63) is 89.6 Å². The van der Waals surface area contributed by atoms with Crippen molar-refractivity contribution >= 4 is 17.6 Å². The summed E-state index contributed by atoms with van der Waals surface area (Å²) in [5, 5.41) is 2.90. The number of aryl methyl sites for hydroxylation is 1. The lowest BCUT2D eigenvalue weighted by Gasteiger charge is -2.29. The highest BCUT2D eigenvalue weighted by molar-refractivity contribution is 5.92. The van der Waals surface area contributed by atoms with Gasteiger partial charge in [-0.05, 0) is 67.3 Å². The number of carbonyl (C=O) groups excluding carboxylic acids is 2. The van der Waals surface area contributed by atoms with Crippen LogP contribution in [0.15, 0.2) is 71.3 Å². The average molecular weight is 480 g/mol. The van der Waals surface area contributed by atoms with Crippen molar-refractivity contribution in [3.8, 4) is 0 Å². The van der Waals surface area contributed by atoms with Crippen LogP contribution in [0.2, 0.25) is 0 Å². The van der Waals surface area contributed by atoms with E-state index in [2.05, 4.69) is 5.32 Å². The Bertz CT molecular complexity index is 1110. The summed E-state index contributed by atoms with van der Waals surface area (Å²) in [6.07, 6.45) is 3.21. The molecule has 0 saturated carbocycles. The molecule has 3 amide bonds. The number of nitrogens with zero attached hydrogens (tertiary/aromatic N) is 2. The van der Waals surface area contributed by atoms with Crippen LogP contribution in [-0.4, -0.2) is 47.5 Å². The highest BCUT2D eigenvalue weighted by Crippen LogP contribution is 2.17. The van der Waals surface area contributed by atoms with Gasteiger partial charge < -0.3 is 24.3 Å². The number of anilines is 1. The normalized spacial score (nSPS) is 15.1. The molecule has 1 saturated heterocycles. The predicted octanol–water partition coefficient (Wildman–Crippen LogP) is 4.97. The molecule has 1 unspecified atom stereocenters. The number of halogens is 1. The third-order valence-corrected chi connectivity index (χ3v) is 5.90. The number of rotatable bonds is 9. The summed E-state index contributed by atoms with van der Waals surface area (Å²) in [5.74, 6) is 0.0340. The zero-order valence-electron chi connectivity index (χ0n) is 19.8. The quantitative estimate of drug-likeness (QED) is 0.470. The first-order valence-electron chi connectivity index (χ1n) is 11.7. The lowest BCUT2D eigenvalue weighted by molar-refractivity contribution is -0.133. The van der Waals surface area contributed by atoms with Crippen LogP contribution in [0.25, 0.3) is 0 Å². The van der Waals surface area contributed by atoms with E-state index >= 15 is 0 Å². The molecule has 0 aliphatic carbocycles. The largest absolute Gasteiger partial charge is 0.467 e. The maximum Gasteiger partial charge on any atom is 0.322 e. The summed E-state index contributed by atoms with van der Waals surface area (Å²) in [6.45, 7) is 3.28. The molecule has 0 bridgehead atoms. The van der Waals surface area contributed by atoms with Crippen LogP contribution >= 0.6 is 0 Å². The fourth-order valence-corrected chi connectivity index (χ4v) is 4.08. The van der Waals surface area contributed by atoms with E-state index < -0.39 is 0 Å². The summed E-state index contributed by atoms with van der Waals surface area (Å²) < 4.78 is 24.6. The van der Waals surface area contributed by atoms with Crippen LogP contribution in [-0.2, 0) is 22.6 Å². The molecule has 4 rings (SSSR count). The molecule has 1 aliphatic rings. The number of urea groups is 1. The van der Waals surface area contributed by atoms with E-state index in [0.717, 1.165) is 24.0 Å². The first-order valence-corrected chi connectivity index (χ1v) is 11.7. The van der Waals surface area contributed by atoms with Gasteiger partial charge in [-0.2, -0.15) is 0 Å². The molecule has 1 aliphatic heterocycles. The van der Waals surface area contributed by atoms with Gasteiger partial charge in [0.2, 0.25) is 5.91 Å². The minimum atomic E-state index is -0.362. The number of nitrogens with one attached hydrogen (secondary N) is 1. The molecular formula is C27H30FN3O4. The summed E-state index contributed by atoms with van der Waals surface area (Å²) in [4.78, 5) is 29.8. The Morgan fingerprint density at radius 3 is 2.57 bits per heavy atom. The molecule has 7 nitrogen and oxygen atoms in total. The number of benzene rings is 2. The molecule has 184 valence electrons. The van der Waals surface area contributed by atoms with Crippen LogP contribution in [0.5, 0.6) is 0 Å². The topological polar surface area (TPSA) is 75.0 Å². The molecule has 2 heterocycles. The second-order valence-corrected chi connectivity index (χ2v) is 8.77. The summed E-state index contributed by atoms with van der Waals surface area (Å²) in [6, 6.07) is 16.7. The van der Waals surface area contributed by atoms with Crippen molar-refractivity contribution in [1.82, 2.24) is 9.80 Å². The van der Waals surface area contributed by atoms with Gasteiger partial charge in [0.15, 0.2) is 0 Å². The standard InChI is InChI=1S/C27H30FN3O4/c1-20-5-2-6-23(15-20)29-27(33)31(18-25-8-4-14-35-25)19-26(32)30(17-24-7-3-13-34-24)16-21-9-11-22(28)12-10-21/h2-3,5-7,9-13,15,25H,4,8,14,16-19H2,1H3,(H,29,33). The zero-order chi connectivity index (χ0) is 24.6. The van der Waals surface area contributed by atoms with Gasteiger partial charge in [0, 0.05) is 25.4 Å². The lowest BCUT2D eigenvalue weighted by atomic mass is 10.2. The molecule has 8 heteroatoms. The molecule has 1 fully saturated rings. The van der Waals surface area contributed by atoms with Crippen molar-refractivity contribution in [3.63, 3.8) is 0 Å². The number of carbonyl (C=O) groups is 2. The second-order valence-electron chi connectivity index (χ2n) is 8.77. The lowest BCUT2D eigenvalue weighted by Crippen LogP contribution is -2.46. The van der Waals surface area contributed by atoms with Crippen molar-refractivity contribution in [2.24, 2.45) is 0 Å². The zero-order valence-corrected chi connectivity index (χ0v) is 19.8. The average Bonchev–Trinajstić information content (AvgIpc) is 3.54. The number of ether oxygens (including phenoxy) is 1. The summed E-state index contributed by atoms with van der Waals surface area (Å²) >= 11 is 0. The van der Waals surface area contributed by atoms with Gasteiger partial charge in [0.25, 0.3) is 0 Å². The third kappa shape index (κ3) is 7.16. The molecule has 1 N–H and O–H groups in total. The molecule has 1 aromatic heterocycles. The first kappa shape index (κ1) is 24.5. The maximum atomic E-state index is 13.5. The number of hydrogen-bond donors (Lipinski definition) is 1. The maximum absolute atomic E-state index is 13.5. The Labute approximate surface area is 204 Å². The van der Waals surface area contributed by atoms with E-state index in [1.807, 2.05) is 31.2 Å². The molecular weight excluding hydrogens is 449 g/mol. The van der Waals surface area contributed by atoms with Crippen molar-refractivity contribution < 1.29 is 23.1 Å². The Kier molecular flexibility index (Phi) is 8.15. The van der Waals surface area contributed by atoms with Crippen LogP contribution < -0.4 is 5.32 Å². The fourth-order valence-electron chi connectivity index (χ4n) is 4.08. The minimum Gasteiger partial charge on any atom is -0.467 e. The number of furan rings is 1. The van der Waals surface area contributed by atoms with Crippen LogP contribution in [0.1, 0.15) is 29.7 Å². The van der Waals surface area contributed by atoms with E-state index in [0.29, 0.717) is 24.6 Å². The van der Waals surface area contributed by atoms with E-state index in [4.69, 9.17) is 9.15 Å². The Hall–Kier alpha value is -3.65. The second kappa shape index (κ2) is 11.7. The minimum absolute atomic E-state index is 0.110. The fraction of sp³-hybridized carbons (Fsp3) is 0.333. The first-order chi connectivity index (χ1) is 17.0. The molecule has 35 heavy (non-hydrogen) atoms. The number of hydrogen-bond acceptors (Lipinski definition) is 4. The third-order valence-electron chi connectivity index (χ3n) is 5.90. The highest BCUT2D eigenvalue weighted by Gasteiger charge is 2.27. The van der Waals surface area contributed by atoms with Gasteiger partial charge in [-0.25, -0.2) is 9.18 Å². The van der Waals surface area contributed by atoms with Crippen molar-refractivity contribution in [1.29, 1.82) is 0 Å². The molecule has 3 aromatic rings. The van der Waals surface area contributed by atoms with Gasteiger partial charge in [-0.15, -0.1) is 0 Å². The van der Waals surface area contributed by atoms with Gasteiger partial charge in [0.1, 0.15) is 18.1 Å². The SMILES string of the molecule is Cc1cccc(NC(=O)N(CC(=O)N(Cc2ccc(F)cc2)Cc2ccco2)CC2CCCO2)c1. The Balaban J connectivity index is 1.50. The molecule has 2 aromatic carbocycles. The Morgan fingerprint density at radius 2 is 1.89 bits per heavy atom. The van der Waals surface area contributed by atoms with E-state index in [1.165, 1.54) is 17.0 Å². The highest BCUT2D eigenvalue weighted by atomic mass is 19.1. The monoisotopic (exact) mass is 479 g/mol. The van der Waals surface area contributed by atoms with Crippen LogP contribution in [0.3, 0.4) is 0 Å². The van der Waals surface area contributed by atoms with Gasteiger partial charge in [0.05, 0.1) is 18.9 Å². The van der Waals surface area contributed by atoms with Crippen molar-refractivity contribution in [2.45, 2.75) is 39.0 Å². The van der Waals surface area contributed by atoms with Gasteiger partial charge in [-0.1, -0.05) is 24.3 Å². The van der Waals surface area contributed by atoms with Crippen LogP contribution in [0, 0.1) is 12.7 Å².